The third-order valence-corrected chi connectivity index (χ3v) is 9.39. The van der Waals surface area contributed by atoms with Crippen molar-refractivity contribution in [3.8, 4) is 0 Å². The third kappa shape index (κ3) is 8.17. The number of aromatic amines is 1. The van der Waals surface area contributed by atoms with Gasteiger partial charge in [-0.3, -0.25) is 32.5 Å². The molecule has 8 atom stereocenters. The lowest BCUT2D eigenvalue weighted by atomic mass is 10.1. The first-order valence-electron chi connectivity index (χ1n) is 14.2. The Morgan fingerprint density at radius 1 is 1.08 bits per heavy atom. The van der Waals surface area contributed by atoms with Gasteiger partial charge in [0.15, 0.2) is 23.6 Å². The summed E-state index contributed by atoms with van der Waals surface area (Å²) in [4.78, 5) is 57.6. The van der Waals surface area contributed by atoms with Crippen molar-refractivity contribution in [3.05, 3.63) is 39.4 Å². The fraction of sp³-hybridized carbons (Fsp3) is 0.609. The zero-order valence-corrected chi connectivity index (χ0v) is 27.2. The molecule has 5 rings (SSSR count). The van der Waals surface area contributed by atoms with Crippen molar-refractivity contribution in [1.29, 1.82) is 0 Å². The fourth-order valence-corrected chi connectivity index (χ4v) is 7.06. The molecule has 5 heterocycles. The van der Waals surface area contributed by atoms with Crippen LogP contribution in [0.2, 0.25) is 0 Å². The summed E-state index contributed by atoms with van der Waals surface area (Å²) < 4.78 is 67.1. The highest BCUT2D eigenvalue weighted by Gasteiger charge is 2.51. The number of rotatable bonds is 15. The molecule has 0 bridgehead atoms. The fourth-order valence-electron chi connectivity index (χ4n) is 5.19. The third-order valence-electron chi connectivity index (χ3n) is 7.28. The van der Waals surface area contributed by atoms with Crippen LogP contribution in [0.4, 0.5) is 11.8 Å². The molecule has 0 aromatic carbocycles. The van der Waals surface area contributed by atoms with Gasteiger partial charge < -0.3 is 45.3 Å². The lowest BCUT2D eigenvalue weighted by Crippen LogP contribution is -2.39. The van der Waals surface area contributed by atoms with E-state index in [1.807, 2.05) is 0 Å². The summed E-state index contributed by atoms with van der Waals surface area (Å²) in [6.45, 7) is -1.17. The SMILES string of the molecule is COCCN[P@](=O)(OC[C@@H]1C[C@@H](O)[C@H](n2ccc(N)nc2=O)O1)O[C@H]1[C@@H](OC)[C@H](n2cnc3c(=O)[nH]c(N)nc32)O[C@@H]1COP(=O)(O)O. The van der Waals surface area contributed by atoms with E-state index in [2.05, 4.69) is 25.0 Å². The number of imidazole rings is 1. The van der Waals surface area contributed by atoms with Gasteiger partial charge in [-0.05, 0) is 6.07 Å². The molecular weight excluding hydrogens is 688 g/mol. The predicted octanol–water partition coefficient (Wildman–Crippen LogP) is -2.04. The second-order valence-electron chi connectivity index (χ2n) is 10.6. The molecule has 2 aliphatic heterocycles. The van der Waals surface area contributed by atoms with Crippen LogP contribution in [-0.2, 0) is 41.6 Å². The molecule has 2 aliphatic rings. The summed E-state index contributed by atoms with van der Waals surface area (Å²) in [5.74, 6) is -0.245. The number of nitrogens with two attached hydrogens (primary N) is 2. The Hall–Kier alpha value is -3.15. The van der Waals surface area contributed by atoms with Gasteiger partial charge in [-0.1, -0.05) is 0 Å². The second kappa shape index (κ2) is 14.8. The molecule has 0 amide bonds. The molecule has 0 unspecified atom stereocenters. The molecule has 2 saturated heterocycles. The Labute approximate surface area is 270 Å². The monoisotopic (exact) mass is 723 g/mol. The molecule has 0 aliphatic carbocycles. The number of anilines is 2. The number of fused-ring (bicyclic) bond motifs is 1. The van der Waals surface area contributed by atoms with E-state index >= 15 is 0 Å². The van der Waals surface area contributed by atoms with Crippen molar-refractivity contribution in [3.63, 3.8) is 0 Å². The molecule has 48 heavy (non-hydrogen) atoms. The number of nitrogens with zero attached hydrogens (tertiary/aromatic N) is 5. The maximum atomic E-state index is 14.2. The van der Waals surface area contributed by atoms with Crippen molar-refractivity contribution in [2.75, 3.05) is 52.1 Å². The summed E-state index contributed by atoms with van der Waals surface area (Å²) in [7, 11) is -6.77. The number of aromatic nitrogens is 6. The van der Waals surface area contributed by atoms with E-state index in [4.69, 9.17) is 44.0 Å². The van der Waals surface area contributed by atoms with Gasteiger partial charge in [0.25, 0.3) is 5.56 Å². The van der Waals surface area contributed by atoms with Crippen LogP contribution in [0.15, 0.2) is 28.2 Å². The number of phosphoric ester groups is 1. The number of aliphatic hydroxyl groups excluding tert-OH is 1. The van der Waals surface area contributed by atoms with Gasteiger partial charge in [0.2, 0.25) is 5.95 Å². The number of methoxy groups -OCH3 is 2. The lowest BCUT2D eigenvalue weighted by molar-refractivity contribution is -0.0578. The summed E-state index contributed by atoms with van der Waals surface area (Å²) in [6, 6.07) is 1.36. The van der Waals surface area contributed by atoms with Gasteiger partial charge in [-0.2, -0.15) is 9.97 Å². The number of aliphatic hydroxyl groups is 1. The molecule has 0 spiro atoms. The Balaban J connectivity index is 1.40. The van der Waals surface area contributed by atoms with Gasteiger partial charge in [-0.25, -0.2) is 24.0 Å². The second-order valence-corrected chi connectivity index (χ2v) is 13.6. The summed E-state index contributed by atoms with van der Waals surface area (Å²) in [5.41, 5.74) is 9.76. The number of H-pyrrole nitrogens is 1. The maximum Gasteiger partial charge on any atom is 0.469 e. The Morgan fingerprint density at radius 2 is 1.85 bits per heavy atom. The number of ether oxygens (including phenoxy) is 4. The summed E-state index contributed by atoms with van der Waals surface area (Å²) in [6.07, 6.45) is -5.90. The zero-order chi connectivity index (χ0) is 34.8. The van der Waals surface area contributed by atoms with Crippen LogP contribution in [0.5, 0.6) is 0 Å². The number of hydrogen-bond donors (Lipinski definition) is 7. The average molecular weight is 724 g/mol. The normalized spacial score (nSPS) is 27.5. The average Bonchev–Trinajstić information content (AvgIpc) is 3.69. The van der Waals surface area contributed by atoms with E-state index in [0.29, 0.717) is 0 Å². The first-order chi connectivity index (χ1) is 22.7. The van der Waals surface area contributed by atoms with Crippen molar-refractivity contribution < 1.29 is 56.5 Å². The molecule has 0 saturated carbocycles. The van der Waals surface area contributed by atoms with Gasteiger partial charge in [0.05, 0.1) is 32.3 Å². The van der Waals surface area contributed by atoms with Crippen LogP contribution < -0.4 is 27.8 Å². The highest BCUT2D eigenvalue weighted by atomic mass is 31.2. The van der Waals surface area contributed by atoms with E-state index in [0.717, 1.165) is 4.57 Å². The number of nitrogens with one attached hydrogen (secondary N) is 2. The van der Waals surface area contributed by atoms with E-state index in [1.165, 1.54) is 37.4 Å². The smallest absolute Gasteiger partial charge is 0.388 e. The maximum absolute atomic E-state index is 14.2. The van der Waals surface area contributed by atoms with Crippen LogP contribution in [0.25, 0.3) is 11.2 Å². The largest absolute Gasteiger partial charge is 0.469 e. The summed E-state index contributed by atoms with van der Waals surface area (Å²) in [5, 5.41) is 13.2. The summed E-state index contributed by atoms with van der Waals surface area (Å²) >= 11 is 0. The molecule has 23 nitrogen and oxygen atoms in total. The topological polar surface area (TPSA) is 322 Å². The standard InChI is InChI=1S/C23H35N9O14P2/c1-40-6-4-27-47(36,42-8-11-7-12(33)20(44-11)31-5-3-14(24)28-23(31)35)46-16-13(9-43-48(37,38)39)45-21(17(16)41-2)32-10-26-15-18(32)29-22(25)30-19(15)34/h3,5,10-13,16-17,20-21,33H,4,6-9H2,1-2H3,(H,27,36)(H2,24,28,35)(H2,37,38,39)(H3,25,29,30,34)/t11-,12+,13+,16+,17+,20+,21+,47-/m0/s1. The van der Waals surface area contributed by atoms with Gasteiger partial charge >= 0.3 is 21.3 Å². The van der Waals surface area contributed by atoms with Crippen LogP contribution in [0.1, 0.15) is 18.9 Å². The quantitative estimate of drug-likeness (QED) is 0.0656. The first-order valence-corrected chi connectivity index (χ1v) is 17.2. The molecule has 9 N–H and O–H groups in total. The minimum absolute atomic E-state index is 0.0156. The van der Waals surface area contributed by atoms with E-state index in [9.17, 15) is 33.6 Å². The van der Waals surface area contributed by atoms with Crippen LogP contribution in [-0.4, -0.2) is 115 Å². The minimum Gasteiger partial charge on any atom is -0.388 e. The molecular formula is C23H35N9O14P2. The predicted molar refractivity (Wildman–Crippen MR) is 161 cm³/mol. The van der Waals surface area contributed by atoms with Crippen molar-refractivity contribution in [2.24, 2.45) is 0 Å². The van der Waals surface area contributed by atoms with Gasteiger partial charge in [0, 0.05) is 33.4 Å². The lowest BCUT2D eigenvalue weighted by Gasteiger charge is -2.28. The molecule has 2 fully saturated rings. The Kier molecular flexibility index (Phi) is 11.1. The first kappa shape index (κ1) is 36.1. The highest BCUT2D eigenvalue weighted by Crippen LogP contribution is 2.50. The van der Waals surface area contributed by atoms with Crippen molar-refractivity contribution in [2.45, 2.75) is 49.4 Å². The van der Waals surface area contributed by atoms with E-state index < -0.39 is 83.0 Å². The van der Waals surface area contributed by atoms with Gasteiger partial charge in [0.1, 0.15) is 30.2 Å². The minimum atomic E-state index is -5.03. The Morgan fingerprint density at radius 3 is 2.54 bits per heavy atom. The van der Waals surface area contributed by atoms with Crippen LogP contribution in [0, 0.1) is 0 Å². The molecule has 3 aromatic heterocycles. The number of phosphoric acid groups is 1. The van der Waals surface area contributed by atoms with Crippen LogP contribution >= 0.6 is 15.6 Å². The molecule has 3 aromatic rings. The van der Waals surface area contributed by atoms with Gasteiger partial charge in [-0.15, -0.1) is 0 Å². The van der Waals surface area contributed by atoms with E-state index in [-0.39, 0.29) is 42.5 Å². The van der Waals surface area contributed by atoms with Crippen molar-refractivity contribution in [1.82, 2.24) is 34.2 Å². The molecule has 266 valence electrons. The van der Waals surface area contributed by atoms with Crippen molar-refractivity contribution >= 4 is 38.5 Å². The highest BCUT2D eigenvalue weighted by molar-refractivity contribution is 7.51. The van der Waals surface area contributed by atoms with Crippen LogP contribution in [0.3, 0.4) is 0 Å². The molecule has 25 heteroatoms. The Bertz CT molecular complexity index is 1800. The number of hydrogen-bond acceptors (Lipinski definition) is 17. The number of nitrogen functional groups attached to an aromatic ring is 2. The van der Waals surface area contributed by atoms with E-state index in [1.54, 1.807) is 0 Å². The zero-order valence-electron chi connectivity index (χ0n) is 25.4. The molecule has 0 radical (unpaired) electrons.